The van der Waals surface area contributed by atoms with Gasteiger partial charge in [0.2, 0.25) is 23.6 Å². The van der Waals surface area contributed by atoms with Gasteiger partial charge in [0.05, 0.1) is 11.4 Å². The lowest BCUT2D eigenvalue weighted by Crippen LogP contribution is -2.50. The van der Waals surface area contributed by atoms with Gasteiger partial charge in [0, 0.05) is 50.1 Å². The minimum atomic E-state index is -0.211. The summed E-state index contributed by atoms with van der Waals surface area (Å²) >= 11 is 0. The molecule has 4 aliphatic rings. The lowest BCUT2D eigenvalue weighted by atomic mass is 9.93. The Morgan fingerprint density at radius 2 is 1.02 bits per heavy atom. The number of nitrogens with zero attached hydrogens (tertiary/aromatic N) is 4. The average Bonchev–Trinajstić information content (AvgIpc) is 3.61. The van der Waals surface area contributed by atoms with Crippen molar-refractivity contribution >= 4 is 23.6 Å². The number of carbonyl (C=O) groups excluding carboxylic acids is 4. The van der Waals surface area contributed by atoms with Gasteiger partial charge in [0.25, 0.3) is 0 Å². The molecule has 4 fully saturated rings. The number of hydrogen-bond acceptors (Lipinski definition) is 8. The molecule has 2 aliphatic heterocycles. The lowest BCUT2D eigenvalue weighted by Gasteiger charge is -2.30. The predicted molar refractivity (Wildman–Crippen MR) is 201 cm³/mol. The van der Waals surface area contributed by atoms with Crippen molar-refractivity contribution in [1.29, 1.82) is 0 Å². The van der Waals surface area contributed by atoms with Crippen molar-refractivity contribution in [2.45, 2.75) is 164 Å². The molecule has 290 valence electrons. The predicted octanol–water partition coefficient (Wildman–Crippen LogP) is 7.01. The van der Waals surface area contributed by atoms with E-state index in [9.17, 15) is 19.2 Å². The van der Waals surface area contributed by atoms with Crippen LogP contribution in [0.3, 0.4) is 0 Å². The molecule has 12 heteroatoms. The molecular formula is C39H68N6O6. The van der Waals surface area contributed by atoms with Gasteiger partial charge < -0.3 is 29.5 Å². The number of amides is 4. The van der Waals surface area contributed by atoms with Gasteiger partial charge in [0.15, 0.2) is 0 Å². The third-order valence-corrected chi connectivity index (χ3v) is 8.43. The molecule has 2 saturated heterocycles. The van der Waals surface area contributed by atoms with E-state index in [0.29, 0.717) is 36.8 Å². The molecule has 4 heterocycles. The van der Waals surface area contributed by atoms with Crippen LogP contribution in [0, 0.1) is 25.7 Å². The van der Waals surface area contributed by atoms with Crippen LogP contribution in [0.25, 0.3) is 0 Å². The van der Waals surface area contributed by atoms with Crippen LogP contribution in [0.1, 0.15) is 137 Å². The normalized spacial score (nSPS) is 18.9. The van der Waals surface area contributed by atoms with Gasteiger partial charge in [-0.15, -0.1) is 0 Å². The SMILES string of the molecule is CC.CC.CC(C)CC(=O)N1CCCC1C(=O)NC1CC1.CC(C)CC(=O)N1CCCC1C(=O)NC1CCC1.Cc1ccon1.Cc1ccon1. The van der Waals surface area contributed by atoms with Gasteiger partial charge in [-0.05, 0) is 83.5 Å². The number of hydrogen-bond donors (Lipinski definition) is 2. The van der Waals surface area contributed by atoms with Crippen molar-refractivity contribution < 1.29 is 28.2 Å². The van der Waals surface area contributed by atoms with Gasteiger partial charge >= 0.3 is 0 Å². The van der Waals surface area contributed by atoms with Crippen LogP contribution in [0.4, 0.5) is 0 Å². The molecule has 2 aromatic rings. The highest BCUT2D eigenvalue weighted by Gasteiger charge is 2.37. The van der Waals surface area contributed by atoms with E-state index in [1.54, 1.807) is 34.5 Å². The molecule has 4 amide bonds. The summed E-state index contributed by atoms with van der Waals surface area (Å²) in [6.45, 7) is 21.4. The van der Waals surface area contributed by atoms with Crippen molar-refractivity contribution in [2.24, 2.45) is 11.8 Å². The summed E-state index contributed by atoms with van der Waals surface area (Å²) in [7, 11) is 0. The Hall–Kier alpha value is -3.70. The molecule has 2 saturated carbocycles. The zero-order valence-corrected chi connectivity index (χ0v) is 33.2. The molecule has 6 rings (SSSR count). The van der Waals surface area contributed by atoms with E-state index in [2.05, 4.69) is 30.0 Å². The largest absolute Gasteiger partial charge is 0.365 e. The highest BCUT2D eigenvalue weighted by molar-refractivity contribution is 5.89. The summed E-state index contributed by atoms with van der Waals surface area (Å²) in [5.41, 5.74) is 1.85. The monoisotopic (exact) mass is 717 g/mol. The van der Waals surface area contributed by atoms with E-state index in [1.165, 1.54) is 6.42 Å². The highest BCUT2D eigenvalue weighted by Crippen LogP contribution is 2.24. The second-order valence-corrected chi connectivity index (χ2v) is 13.9. The Kier molecular flexibility index (Phi) is 22.5. The minimum absolute atomic E-state index is 0.0575. The van der Waals surface area contributed by atoms with E-state index in [1.807, 2.05) is 69.2 Å². The van der Waals surface area contributed by atoms with E-state index in [-0.39, 0.29) is 35.7 Å². The maximum absolute atomic E-state index is 12.1. The molecule has 0 aromatic carbocycles. The fourth-order valence-corrected chi connectivity index (χ4v) is 5.53. The summed E-state index contributed by atoms with van der Waals surface area (Å²) < 4.78 is 8.93. The zero-order valence-electron chi connectivity index (χ0n) is 33.2. The van der Waals surface area contributed by atoms with Crippen LogP contribution in [0.5, 0.6) is 0 Å². The van der Waals surface area contributed by atoms with Crippen LogP contribution in [0.2, 0.25) is 0 Å². The lowest BCUT2D eigenvalue weighted by molar-refractivity contribution is -0.139. The smallest absolute Gasteiger partial charge is 0.243 e. The molecular weight excluding hydrogens is 648 g/mol. The molecule has 12 nitrogen and oxygen atoms in total. The molecule has 2 aliphatic carbocycles. The quantitative estimate of drug-likeness (QED) is 0.296. The van der Waals surface area contributed by atoms with Crippen LogP contribution in [-0.2, 0) is 19.2 Å². The molecule has 0 radical (unpaired) electrons. The number of nitrogens with one attached hydrogen (secondary N) is 2. The van der Waals surface area contributed by atoms with E-state index in [0.717, 1.165) is 75.8 Å². The fraction of sp³-hybridized carbons (Fsp3) is 0.744. The summed E-state index contributed by atoms with van der Waals surface area (Å²) in [5, 5.41) is 13.1. The van der Waals surface area contributed by atoms with E-state index >= 15 is 0 Å². The molecule has 51 heavy (non-hydrogen) atoms. The van der Waals surface area contributed by atoms with Crippen molar-refractivity contribution in [3.05, 3.63) is 36.0 Å². The highest BCUT2D eigenvalue weighted by atomic mass is 16.5. The van der Waals surface area contributed by atoms with Crippen LogP contribution >= 0.6 is 0 Å². The van der Waals surface area contributed by atoms with Crippen LogP contribution in [0.15, 0.2) is 33.7 Å². The van der Waals surface area contributed by atoms with Gasteiger partial charge in [-0.2, -0.15) is 0 Å². The molecule has 2 N–H and O–H groups in total. The first-order chi connectivity index (χ1) is 24.4. The maximum atomic E-state index is 12.1. The van der Waals surface area contributed by atoms with Crippen molar-refractivity contribution in [3.63, 3.8) is 0 Å². The molecule has 2 aromatic heterocycles. The number of aryl methyl sites for hydroxylation is 2. The first-order valence-electron chi connectivity index (χ1n) is 19.4. The summed E-state index contributed by atoms with van der Waals surface area (Å²) in [6, 6.07) is 3.93. The molecule has 0 bridgehead atoms. The molecule has 2 unspecified atom stereocenters. The molecule has 0 spiro atoms. The topological polar surface area (TPSA) is 151 Å². The van der Waals surface area contributed by atoms with Crippen molar-refractivity contribution in [1.82, 2.24) is 30.7 Å². The Morgan fingerprint density at radius 3 is 1.25 bits per heavy atom. The fourth-order valence-electron chi connectivity index (χ4n) is 5.53. The summed E-state index contributed by atoms with van der Waals surface area (Å²) in [6.07, 6.45) is 13.3. The van der Waals surface area contributed by atoms with Gasteiger partial charge in [0.1, 0.15) is 24.6 Å². The van der Waals surface area contributed by atoms with Crippen LogP contribution in [-0.4, -0.2) is 81.0 Å². The maximum Gasteiger partial charge on any atom is 0.243 e. The van der Waals surface area contributed by atoms with Gasteiger partial charge in [-0.1, -0.05) is 65.7 Å². The second-order valence-electron chi connectivity index (χ2n) is 13.9. The van der Waals surface area contributed by atoms with Crippen molar-refractivity contribution in [2.75, 3.05) is 13.1 Å². The number of aromatic nitrogens is 2. The second kappa shape index (κ2) is 25.3. The minimum Gasteiger partial charge on any atom is -0.365 e. The first-order valence-corrected chi connectivity index (χ1v) is 19.4. The number of carbonyl (C=O) groups is 4. The Morgan fingerprint density at radius 1 is 0.647 bits per heavy atom. The van der Waals surface area contributed by atoms with Crippen LogP contribution < -0.4 is 10.6 Å². The third kappa shape index (κ3) is 17.9. The Balaban J connectivity index is 0.000000360. The van der Waals surface area contributed by atoms with Crippen molar-refractivity contribution in [3.8, 4) is 0 Å². The summed E-state index contributed by atoms with van der Waals surface area (Å²) in [5.74, 6) is 1.10. The van der Waals surface area contributed by atoms with Gasteiger partial charge in [-0.25, -0.2) is 0 Å². The first kappa shape index (κ1) is 45.3. The number of likely N-dealkylation sites (tertiary alicyclic amines) is 2. The average molecular weight is 717 g/mol. The molecule has 2 atom stereocenters. The zero-order chi connectivity index (χ0) is 38.3. The number of rotatable bonds is 8. The standard InChI is InChI=1S/C14H24N2O2.C13H22N2O2.2C4H5NO.2C2H6/c1-10(2)9-13(17)16-8-4-7-12(16)14(18)15-11-5-3-6-11;1-9(2)8-12(16)15-7-3-4-11(15)13(17)14-10-5-6-10;2*1-4-2-3-6-5-4;2*1-2/h10-12H,3-9H2,1-2H3,(H,15,18);9-11H,3-8H2,1-2H3,(H,14,17);2*2-3H,1H3;2*1-2H3. The summed E-state index contributed by atoms with van der Waals surface area (Å²) in [4.78, 5) is 51.8. The van der Waals surface area contributed by atoms with Gasteiger partial charge in [-0.3, -0.25) is 19.2 Å². The third-order valence-electron chi connectivity index (χ3n) is 8.43. The Bertz CT molecular complexity index is 1170. The van der Waals surface area contributed by atoms with E-state index in [4.69, 9.17) is 0 Å². The Labute approximate surface area is 307 Å². The van der Waals surface area contributed by atoms with E-state index < -0.39 is 0 Å².